The molecular weight excluding hydrogens is 220 g/mol. The molecule has 1 unspecified atom stereocenters. The summed E-state index contributed by atoms with van der Waals surface area (Å²) in [5.74, 6) is 0.845. The Morgan fingerprint density at radius 1 is 1.43 bits per heavy atom. The van der Waals surface area contributed by atoms with Crippen LogP contribution < -0.4 is 4.90 Å². The van der Waals surface area contributed by atoms with Crippen LogP contribution >= 0.6 is 23.3 Å². The van der Waals surface area contributed by atoms with E-state index in [0.29, 0.717) is 11.2 Å². The van der Waals surface area contributed by atoms with Gasteiger partial charge in [0.2, 0.25) is 0 Å². The highest BCUT2D eigenvalue weighted by molar-refractivity contribution is 6.99. The van der Waals surface area contributed by atoms with Gasteiger partial charge in [-0.25, -0.2) is 0 Å². The molecule has 0 aromatic carbocycles. The monoisotopic (exact) mass is 232 g/mol. The second-order valence-electron chi connectivity index (χ2n) is 3.68. The van der Waals surface area contributed by atoms with Crippen molar-refractivity contribution in [3.63, 3.8) is 0 Å². The van der Waals surface area contributed by atoms with E-state index in [1.54, 1.807) is 0 Å². The zero-order chi connectivity index (χ0) is 10.1. The Hall–Kier alpha value is -0.390. The van der Waals surface area contributed by atoms with Crippen LogP contribution in [0.1, 0.15) is 6.92 Å². The van der Waals surface area contributed by atoms with Gasteiger partial charge in [-0.1, -0.05) is 11.6 Å². The van der Waals surface area contributed by atoms with Gasteiger partial charge in [0.15, 0.2) is 11.0 Å². The molecule has 78 valence electrons. The highest BCUT2D eigenvalue weighted by atomic mass is 35.5. The molecule has 0 aliphatic carbocycles. The van der Waals surface area contributed by atoms with Crippen LogP contribution in [0.5, 0.6) is 0 Å². The molecule has 0 bridgehead atoms. The first-order valence-electron chi connectivity index (χ1n) is 4.61. The Morgan fingerprint density at radius 2 is 2.21 bits per heavy atom. The number of hydrogen-bond donors (Lipinski definition) is 0. The molecule has 1 aliphatic heterocycles. The van der Waals surface area contributed by atoms with Gasteiger partial charge in [-0.05, 0) is 14.0 Å². The van der Waals surface area contributed by atoms with Crippen LogP contribution in [0.25, 0.3) is 0 Å². The number of piperazine rings is 1. The van der Waals surface area contributed by atoms with Crippen LogP contribution in [0.3, 0.4) is 0 Å². The summed E-state index contributed by atoms with van der Waals surface area (Å²) in [5.41, 5.74) is 0. The zero-order valence-electron chi connectivity index (χ0n) is 8.27. The van der Waals surface area contributed by atoms with Crippen LogP contribution in [0.2, 0.25) is 5.15 Å². The summed E-state index contributed by atoms with van der Waals surface area (Å²) in [4.78, 5) is 4.54. The maximum atomic E-state index is 5.96. The standard InChI is InChI=1S/C8H13ClN4S/c1-6-5-12(2)3-4-13(6)8-7(9)10-14-11-8/h6H,3-5H2,1-2H3. The summed E-state index contributed by atoms with van der Waals surface area (Å²) >= 11 is 7.13. The first kappa shape index (κ1) is 10.1. The van der Waals surface area contributed by atoms with E-state index in [9.17, 15) is 0 Å². The Morgan fingerprint density at radius 3 is 2.79 bits per heavy atom. The third-order valence-corrected chi connectivity index (χ3v) is 3.41. The lowest BCUT2D eigenvalue weighted by atomic mass is 10.2. The molecule has 0 radical (unpaired) electrons. The van der Waals surface area contributed by atoms with Crippen LogP contribution in [-0.2, 0) is 0 Å². The van der Waals surface area contributed by atoms with Crippen LogP contribution in [0.15, 0.2) is 0 Å². The van der Waals surface area contributed by atoms with Gasteiger partial charge in [0.05, 0.1) is 11.7 Å². The molecule has 1 fully saturated rings. The first-order valence-corrected chi connectivity index (χ1v) is 5.72. The Labute approximate surface area is 92.8 Å². The van der Waals surface area contributed by atoms with Crippen molar-refractivity contribution in [1.29, 1.82) is 0 Å². The van der Waals surface area contributed by atoms with Crippen LogP contribution in [-0.4, -0.2) is 46.4 Å². The van der Waals surface area contributed by atoms with E-state index in [0.717, 1.165) is 25.5 Å². The number of halogens is 1. The normalized spacial score (nSPS) is 24.2. The Kier molecular flexibility index (Phi) is 2.90. The molecule has 2 heterocycles. The summed E-state index contributed by atoms with van der Waals surface area (Å²) in [7, 11) is 2.13. The van der Waals surface area contributed by atoms with Crippen molar-refractivity contribution in [2.24, 2.45) is 0 Å². The molecule has 0 amide bonds. The highest BCUT2D eigenvalue weighted by Gasteiger charge is 2.25. The van der Waals surface area contributed by atoms with Gasteiger partial charge >= 0.3 is 0 Å². The average Bonchev–Trinajstić information content (AvgIpc) is 2.52. The summed E-state index contributed by atoms with van der Waals surface area (Å²) < 4.78 is 8.21. The molecule has 0 saturated carbocycles. The molecule has 0 spiro atoms. The smallest absolute Gasteiger partial charge is 0.187 e. The largest absolute Gasteiger partial charge is 0.348 e. The minimum Gasteiger partial charge on any atom is -0.348 e. The summed E-state index contributed by atoms with van der Waals surface area (Å²) in [5, 5.41) is 0.534. The fraction of sp³-hybridized carbons (Fsp3) is 0.750. The van der Waals surface area contributed by atoms with Gasteiger partial charge in [-0.2, -0.15) is 8.75 Å². The van der Waals surface area contributed by atoms with Crippen molar-refractivity contribution in [3.05, 3.63) is 5.15 Å². The van der Waals surface area contributed by atoms with E-state index in [2.05, 4.69) is 32.5 Å². The molecular formula is C8H13ClN4S. The minimum absolute atomic E-state index is 0.454. The van der Waals surface area contributed by atoms with Crippen molar-refractivity contribution >= 4 is 29.1 Å². The fourth-order valence-corrected chi connectivity index (χ4v) is 2.56. The van der Waals surface area contributed by atoms with Gasteiger partial charge in [-0.15, -0.1) is 0 Å². The molecule has 1 aliphatic rings. The van der Waals surface area contributed by atoms with Gasteiger partial charge in [0.25, 0.3) is 0 Å². The van der Waals surface area contributed by atoms with Gasteiger partial charge in [0.1, 0.15) is 0 Å². The van der Waals surface area contributed by atoms with Gasteiger partial charge in [0, 0.05) is 25.7 Å². The van der Waals surface area contributed by atoms with E-state index >= 15 is 0 Å². The predicted octanol–water partition coefficient (Wildman–Crippen LogP) is 1.33. The molecule has 1 atom stereocenters. The lowest BCUT2D eigenvalue weighted by Gasteiger charge is -2.38. The van der Waals surface area contributed by atoms with E-state index in [-0.39, 0.29) is 0 Å². The molecule has 1 aromatic heterocycles. The molecule has 4 nitrogen and oxygen atoms in total. The van der Waals surface area contributed by atoms with E-state index in [1.165, 1.54) is 11.7 Å². The topological polar surface area (TPSA) is 32.3 Å². The Bertz CT molecular complexity index is 316. The molecule has 6 heteroatoms. The van der Waals surface area contributed by atoms with Crippen molar-refractivity contribution in [3.8, 4) is 0 Å². The molecule has 2 rings (SSSR count). The first-order chi connectivity index (χ1) is 6.68. The third-order valence-electron chi connectivity index (χ3n) is 2.54. The number of aromatic nitrogens is 2. The molecule has 1 aromatic rings. The fourth-order valence-electron chi connectivity index (χ4n) is 1.80. The van der Waals surface area contributed by atoms with Crippen LogP contribution in [0.4, 0.5) is 5.82 Å². The van der Waals surface area contributed by atoms with E-state index in [1.807, 2.05) is 0 Å². The number of hydrogen-bond acceptors (Lipinski definition) is 5. The molecule has 14 heavy (non-hydrogen) atoms. The average molecular weight is 233 g/mol. The van der Waals surface area contributed by atoms with Crippen LogP contribution in [0, 0.1) is 0 Å². The lowest BCUT2D eigenvalue weighted by molar-refractivity contribution is 0.275. The highest BCUT2D eigenvalue weighted by Crippen LogP contribution is 2.25. The SMILES string of the molecule is CC1CN(C)CCN1c1nsnc1Cl. The van der Waals surface area contributed by atoms with Crippen molar-refractivity contribution in [1.82, 2.24) is 13.6 Å². The number of likely N-dealkylation sites (N-methyl/N-ethyl adjacent to an activating group) is 1. The number of nitrogens with zero attached hydrogens (tertiary/aromatic N) is 4. The summed E-state index contributed by atoms with van der Waals surface area (Å²) in [6.45, 7) is 5.26. The van der Waals surface area contributed by atoms with E-state index < -0.39 is 0 Å². The second kappa shape index (κ2) is 4.00. The predicted molar refractivity (Wildman–Crippen MR) is 59.2 cm³/mol. The Balaban J connectivity index is 2.15. The molecule has 1 saturated heterocycles. The minimum atomic E-state index is 0.454. The summed E-state index contributed by atoms with van der Waals surface area (Å²) in [6.07, 6.45) is 0. The number of rotatable bonds is 1. The zero-order valence-corrected chi connectivity index (χ0v) is 9.85. The van der Waals surface area contributed by atoms with Crippen molar-refractivity contribution in [2.75, 3.05) is 31.6 Å². The number of anilines is 1. The third kappa shape index (κ3) is 1.85. The van der Waals surface area contributed by atoms with Crippen molar-refractivity contribution in [2.45, 2.75) is 13.0 Å². The van der Waals surface area contributed by atoms with Gasteiger partial charge in [-0.3, -0.25) is 0 Å². The van der Waals surface area contributed by atoms with Crippen molar-refractivity contribution < 1.29 is 0 Å². The second-order valence-corrected chi connectivity index (χ2v) is 4.57. The maximum absolute atomic E-state index is 5.96. The lowest BCUT2D eigenvalue weighted by Crippen LogP contribution is -2.50. The molecule has 0 N–H and O–H groups in total. The van der Waals surface area contributed by atoms with Gasteiger partial charge < -0.3 is 9.80 Å². The van der Waals surface area contributed by atoms with E-state index in [4.69, 9.17) is 11.6 Å². The summed E-state index contributed by atoms with van der Waals surface area (Å²) in [6, 6.07) is 0.454. The quantitative estimate of drug-likeness (QED) is 0.732. The maximum Gasteiger partial charge on any atom is 0.187 e.